The van der Waals surface area contributed by atoms with E-state index >= 15 is 0 Å². The van der Waals surface area contributed by atoms with Crippen LogP contribution >= 0.6 is 22.6 Å². The minimum atomic E-state index is 0.262. The van der Waals surface area contributed by atoms with E-state index in [-0.39, 0.29) is 6.10 Å². The van der Waals surface area contributed by atoms with Crippen molar-refractivity contribution in [3.05, 3.63) is 35.4 Å². The first-order valence-corrected chi connectivity index (χ1v) is 7.05. The molecule has 1 unspecified atom stereocenters. The van der Waals surface area contributed by atoms with Crippen molar-refractivity contribution in [1.82, 2.24) is 0 Å². The fourth-order valence-corrected chi connectivity index (χ4v) is 2.26. The van der Waals surface area contributed by atoms with E-state index in [1.54, 1.807) is 0 Å². The van der Waals surface area contributed by atoms with E-state index in [0.717, 1.165) is 17.5 Å². The summed E-state index contributed by atoms with van der Waals surface area (Å²) in [4.78, 5) is 0. The van der Waals surface area contributed by atoms with Gasteiger partial charge in [0.05, 0.1) is 6.10 Å². The van der Waals surface area contributed by atoms with Crippen LogP contribution in [0.2, 0.25) is 0 Å². The molecule has 1 nitrogen and oxygen atoms in total. The molecule has 0 saturated carbocycles. The smallest absolute Gasteiger partial charge is 0.0916 e. The van der Waals surface area contributed by atoms with Crippen LogP contribution < -0.4 is 0 Å². The highest BCUT2D eigenvalue weighted by Crippen LogP contribution is 2.23. The van der Waals surface area contributed by atoms with Crippen molar-refractivity contribution in [2.45, 2.75) is 32.8 Å². The van der Waals surface area contributed by atoms with Crippen molar-refractivity contribution in [3.63, 3.8) is 0 Å². The van der Waals surface area contributed by atoms with Gasteiger partial charge in [0, 0.05) is 11.0 Å². The number of hydrogen-bond donors (Lipinski definition) is 0. The minimum absolute atomic E-state index is 0.262. The van der Waals surface area contributed by atoms with Gasteiger partial charge in [-0.1, -0.05) is 60.2 Å². The van der Waals surface area contributed by atoms with Gasteiger partial charge in [-0.25, -0.2) is 0 Å². The van der Waals surface area contributed by atoms with Crippen LogP contribution in [-0.4, -0.2) is 11.0 Å². The van der Waals surface area contributed by atoms with Gasteiger partial charge in [0.15, 0.2) is 0 Å². The summed E-state index contributed by atoms with van der Waals surface area (Å²) in [6.45, 7) is 5.21. The van der Waals surface area contributed by atoms with Gasteiger partial charge in [0.1, 0.15) is 0 Å². The standard InChI is InChI=1S/C13H19IO/c1-3-4-9-15-13(10-14)12-8-6-5-7-11(12)2/h5-8,13H,3-4,9-10H2,1-2H3. The molecule has 1 atom stereocenters. The van der Waals surface area contributed by atoms with Gasteiger partial charge in [0.2, 0.25) is 0 Å². The Morgan fingerprint density at radius 1 is 1.33 bits per heavy atom. The molecule has 15 heavy (non-hydrogen) atoms. The molecule has 0 aliphatic carbocycles. The lowest BCUT2D eigenvalue weighted by Crippen LogP contribution is -2.08. The predicted molar refractivity (Wildman–Crippen MR) is 73.7 cm³/mol. The van der Waals surface area contributed by atoms with Crippen LogP contribution in [0.4, 0.5) is 0 Å². The molecule has 0 aliphatic heterocycles. The third-order valence-electron chi connectivity index (χ3n) is 2.49. The number of halogens is 1. The van der Waals surface area contributed by atoms with Gasteiger partial charge >= 0.3 is 0 Å². The second kappa shape index (κ2) is 7.23. The van der Waals surface area contributed by atoms with Gasteiger partial charge in [-0.15, -0.1) is 0 Å². The molecule has 0 aliphatic rings. The van der Waals surface area contributed by atoms with E-state index in [1.165, 1.54) is 17.5 Å². The number of unbranched alkanes of at least 4 members (excludes halogenated alkanes) is 1. The van der Waals surface area contributed by atoms with Crippen LogP contribution in [0.5, 0.6) is 0 Å². The fourth-order valence-electron chi connectivity index (χ4n) is 1.54. The van der Waals surface area contributed by atoms with E-state index in [2.05, 4.69) is 60.7 Å². The van der Waals surface area contributed by atoms with Crippen molar-refractivity contribution in [2.24, 2.45) is 0 Å². The lowest BCUT2D eigenvalue weighted by molar-refractivity contribution is 0.0684. The molecule has 0 heterocycles. The molecule has 1 aromatic carbocycles. The van der Waals surface area contributed by atoms with Crippen LogP contribution in [0.15, 0.2) is 24.3 Å². The van der Waals surface area contributed by atoms with Crippen molar-refractivity contribution < 1.29 is 4.74 Å². The summed E-state index contributed by atoms with van der Waals surface area (Å²) in [5.41, 5.74) is 2.67. The Balaban J connectivity index is 2.61. The summed E-state index contributed by atoms with van der Waals surface area (Å²) in [6.07, 6.45) is 2.61. The Morgan fingerprint density at radius 3 is 2.67 bits per heavy atom. The quantitative estimate of drug-likeness (QED) is 0.432. The van der Waals surface area contributed by atoms with Crippen LogP contribution in [0.3, 0.4) is 0 Å². The number of hydrogen-bond acceptors (Lipinski definition) is 1. The largest absolute Gasteiger partial charge is 0.373 e. The molecule has 0 bridgehead atoms. The molecular weight excluding hydrogens is 299 g/mol. The highest BCUT2D eigenvalue weighted by Gasteiger charge is 2.11. The van der Waals surface area contributed by atoms with Gasteiger partial charge in [-0.05, 0) is 24.5 Å². The monoisotopic (exact) mass is 318 g/mol. The minimum Gasteiger partial charge on any atom is -0.373 e. The summed E-state index contributed by atoms with van der Waals surface area (Å²) >= 11 is 2.40. The molecule has 0 spiro atoms. The maximum absolute atomic E-state index is 5.89. The van der Waals surface area contributed by atoms with E-state index in [0.29, 0.717) is 0 Å². The molecule has 0 aromatic heterocycles. The average molecular weight is 318 g/mol. The number of benzene rings is 1. The SMILES string of the molecule is CCCCOC(CI)c1ccccc1C. The molecular formula is C13H19IO. The van der Waals surface area contributed by atoms with Crippen LogP contribution in [-0.2, 0) is 4.74 Å². The molecule has 0 saturated heterocycles. The number of aryl methyl sites for hydroxylation is 1. The molecule has 2 heteroatoms. The Labute approximate surface area is 106 Å². The second-order valence-corrected chi connectivity index (χ2v) is 4.60. The van der Waals surface area contributed by atoms with E-state index < -0.39 is 0 Å². The van der Waals surface area contributed by atoms with Crippen molar-refractivity contribution in [1.29, 1.82) is 0 Å². The van der Waals surface area contributed by atoms with Crippen molar-refractivity contribution in [3.8, 4) is 0 Å². The summed E-state index contributed by atoms with van der Waals surface area (Å²) in [6, 6.07) is 8.49. The molecule has 1 aromatic rings. The average Bonchev–Trinajstić information content (AvgIpc) is 2.26. The Morgan fingerprint density at radius 2 is 2.07 bits per heavy atom. The highest BCUT2D eigenvalue weighted by molar-refractivity contribution is 14.1. The van der Waals surface area contributed by atoms with Gasteiger partial charge in [-0.2, -0.15) is 0 Å². The summed E-state index contributed by atoms with van der Waals surface area (Å²) < 4.78 is 6.91. The predicted octanol–water partition coefficient (Wildman–Crippen LogP) is 4.29. The number of alkyl halides is 1. The van der Waals surface area contributed by atoms with Crippen molar-refractivity contribution in [2.75, 3.05) is 11.0 Å². The molecule has 0 amide bonds. The summed E-state index contributed by atoms with van der Waals surface area (Å²) in [5.74, 6) is 0. The maximum Gasteiger partial charge on any atom is 0.0916 e. The number of rotatable bonds is 6. The summed E-state index contributed by atoms with van der Waals surface area (Å²) in [7, 11) is 0. The van der Waals surface area contributed by atoms with E-state index in [4.69, 9.17) is 4.74 Å². The lowest BCUT2D eigenvalue weighted by Gasteiger charge is -2.17. The second-order valence-electron chi connectivity index (χ2n) is 3.72. The van der Waals surface area contributed by atoms with Crippen LogP contribution in [0, 0.1) is 6.92 Å². The third-order valence-corrected chi connectivity index (χ3v) is 3.29. The Bertz CT molecular complexity index is 286. The first-order chi connectivity index (χ1) is 7.29. The molecule has 1 rings (SSSR count). The lowest BCUT2D eigenvalue weighted by atomic mass is 10.0. The molecule has 84 valence electrons. The number of ether oxygens (including phenoxy) is 1. The topological polar surface area (TPSA) is 9.23 Å². The van der Waals surface area contributed by atoms with E-state index in [9.17, 15) is 0 Å². The zero-order chi connectivity index (χ0) is 11.1. The Hall–Kier alpha value is -0.0900. The van der Waals surface area contributed by atoms with E-state index in [1.807, 2.05) is 0 Å². The van der Waals surface area contributed by atoms with Crippen molar-refractivity contribution >= 4 is 22.6 Å². The zero-order valence-corrected chi connectivity index (χ0v) is 11.7. The van der Waals surface area contributed by atoms with Gasteiger partial charge < -0.3 is 4.74 Å². The molecule has 0 N–H and O–H groups in total. The molecule has 0 fully saturated rings. The zero-order valence-electron chi connectivity index (χ0n) is 9.50. The first-order valence-electron chi connectivity index (χ1n) is 5.52. The Kier molecular flexibility index (Phi) is 6.25. The highest BCUT2D eigenvalue weighted by atomic mass is 127. The first kappa shape index (κ1) is 13.0. The molecule has 0 radical (unpaired) electrons. The fraction of sp³-hybridized carbons (Fsp3) is 0.538. The maximum atomic E-state index is 5.89. The van der Waals surface area contributed by atoms with Crippen LogP contribution in [0.25, 0.3) is 0 Å². The van der Waals surface area contributed by atoms with Crippen LogP contribution in [0.1, 0.15) is 37.0 Å². The normalized spacial score (nSPS) is 12.7. The van der Waals surface area contributed by atoms with Gasteiger partial charge in [-0.3, -0.25) is 0 Å². The third kappa shape index (κ3) is 4.11. The summed E-state index contributed by atoms with van der Waals surface area (Å²) in [5, 5.41) is 0. The van der Waals surface area contributed by atoms with Gasteiger partial charge in [0.25, 0.3) is 0 Å².